The molecule has 1 aromatic carbocycles. The van der Waals surface area contributed by atoms with Gasteiger partial charge in [0.2, 0.25) is 11.8 Å². The number of nitrogens with two attached hydrogens (primary N) is 1. The number of amides is 2. The molecule has 2 amide bonds. The van der Waals surface area contributed by atoms with Gasteiger partial charge in [-0.3, -0.25) is 9.59 Å². The summed E-state index contributed by atoms with van der Waals surface area (Å²) in [6.07, 6.45) is 1.37. The molecule has 2 rings (SSSR count). The molecule has 3 N–H and O–H groups in total. The highest BCUT2D eigenvalue weighted by Crippen LogP contribution is 2.28. The van der Waals surface area contributed by atoms with E-state index in [1.165, 1.54) is 7.11 Å². The lowest BCUT2D eigenvalue weighted by molar-refractivity contribution is -0.129. The minimum Gasteiger partial charge on any atom is -0.383 e. The van der Waals surface area contributed by atoms with Gasteiger partial charge in [-0.1, -0.05) is 23.7 Å². The predicted molar refractivity (Wildman–Crippen MR) is 92.1 cm³/mol. The maximum atomic E-state index is 12.6. The fourth-order valence-corrected chi connectivity index (χ4v) is 2.69. The molecule has 0 radical (unpaired) electrons. The Balaban J connectivity index is 0.00000264. The minimum absolute atomic E-state index is 0. The highest BCUT2D eigenvalue weighted by Gasteiger charge is 2.32. The highest BCUT2D eigenvalue weighted by atomic mass is 35.5. The summed E-state index contributed by atoms with van der Waals surface area (Å²) in [5, 5.41) is 3.21. The van der Waals surface area contributed by atoms with E-state index in [-0.39, 0.29) is 30.8 Å². The van der Waals surface area contributed by atoms with E-state index in [1.807, 2.05) is 12.1 Å². The molecule has 1 fully saturated rings. The van der Waals surface area contributed by atoms with Crippen molar-refractivity contribution < 1.29 is 14.3 Å². The predicted octanol–water partition coefficient (Wildman–Crippen LogP) is 1.35. The number of piperidine rings is 1. The lowest BCUT2D eigenvalue weighted by Crippen LogP contribution is -2.56. The Morgan fingerprint density at radius 2 is 2.22 bits per heavy atom. The van der Waals surface area contributed by atoms with Crippen molar-refractivity contribution in [2.75, 3.05) is 25.2 Å². The number of hydrogen-bond donors (Lipinski definition) is 2. The number of methoxy groups -OCH3 is 1. The molecule has 1 saturated heterocycles. The first-order valence-corrected chi connectivity index (χ1v) is 7.53. The van der Waals surface area contributed by atoms with Crippen LogP contribution in [-0.4, -0.2) is 44.2 Å². The lowest BCUT2D eigenvalue weighted by Gasteiger charge is -2.33. The van der Waals surface area contributed by atoms with Gasteiger partial charge in [0, 0.05) is 13.7 Å². The van der Waals surface area contributed by atoms with Crippen LogP contribution in [0.3, 0.4) is 0 Å². The van der Waals surface area contributed by atoms with E-state index in [0.717, 1.165) is 6.42 Å². The van der Waals surface area contributed by atoms with Crippen LogP contribution in [0.2, 0.25) is 5.02 Å². The molecule has 0 spiro atoms. The molecule has 6 nitrogen and oxygen atoms in total. The third kappa shape index (κ3) is 4.81. The number of nitrogens with zero attached hydrogens (tertiary/aromatic N) is 1. The number of carbonyl (C=O) groups excluding carboxylic acids is 2. The molecule has 0 saturated carbocycles. The highest BCUT2D eigenvalue weighted by molar-refractivity contribution is 6.33. The Morgan fingerprint density at radius 3 is 2.87 bits per heavy atom. The molecule has 1 aromatic rings. The van der Waals surface area contributed by atoms with Gasteiger partial charge in [-0.25, -0.2) is 0 Å². The standard InChI is InChI=1S/C15H20ClN3O3.ClH/c1-22-9-11(17)14(20)18-12-6-4-8-19(15(12)21)13-7-3-2-5-10(13)16;/h2-3,5,7,11-12H,4,6,8-9,17H2,1H3,(H,18,20);1H. The Kier molecular flexibility index (Phi) is 7.78. The number of hydrogen-bond acceptors (Lipinski definition) is 4. The summed E-state index contributed by atoms with van der Waals surface area (Å²) >= 11 is 6.15. The second-order valence-electron chi connectivity index (χ2n) is 5.21. The van der Waals surface area contributed by atoms with Gasteiger partial charge >= 0.3 is 0 Å². The topological polar surface area (TPSA) is 84.7 Å². The van der Waals surface area contributed by atoms with Crippen molar-refractivity contribution in [1.29, 1.82) is 0 Å². The summed E-state index contributed by atoms with van der Waals surface area (Å²) in [7, 11) is 1.47. The zero-order valence-corrected chi connectivity index (χ0v) is 14.4. The molecule has 23 heavy (non-hydrogen) atoms. The molecule has 1 aliphatic rings. The third-order valence-corrected chi connectivity index (χ3v) is 3.90. The second-order valence-corrected chi connectivity index (χ2v) is 5.61. The van der Waals surface area contributed by atoms with Gasteiger partial charge in [0.1, 0.15) is 12.1 Å². The molecule has 1 aliphatic heterocycles. The van der Waals surface area contributed by atoms with Gasteiger partial charge in [0.15, 0.2) is 0 Å². The molecular weight excluding hydrogens is 341 g/mol. The maximum absolute atomic E-state index is 12.6. The van der Waals surface area contributed by atoms with E-state index in [1.54, 1.807) is 17.0 Å². The quantitative estimate of drug-likeness (QED) is 0.828. The SMILES string of the molecule is COCC(N)C(=O)NC1CCCN(c2ccccc2Cl)C1=O.Cl. The number of para-hydroxylation sites is 1. The van der Waals surface area contributed by atoms with Crippen molar-refractivity contribution in [3.05, 3.63) is 29.3 Å². The monoisotopic (exact) mass is 361 g/mol. The lowest BCUT2D eigenvalue weighted by atomic mass is 10.0. The molecule has 0 aliphatic carbocycles. The molecule has 0 bridgehead atoms. The Morgan fingerprint density at radius 1 is 1.52 bits per heavy atom. The van der Waals surface area contributed by atoms with E-state index < -0.39 is 12.1 Å². The Hall–Kier alpha value is -1.34. The number of rotatable bonds is 5. The number of halogens is 2. The van der Waals surface area contributed by atoms with Gasteiger partial charge in [0.05, 0.1) is 17.3 Å². The first-order valence-electron chi connectivity index (χ1n) is 7.15. The normalized spacial score (nSPS) is 19.0. The van der Waals surface area contributed by atoms with E-state index in [9.17, 15) is 9.59 Å². The molecule has 8 heteroatoms. The average Bonchev–Trinajstić information content (AvgIpc) is 2.50. The summed E-state index contributed by atoms with van der Waals surface area (Å²) in [4.78, 5) is 26.1. The fraction of sp³-hybridized carbons (Fsp3) is 0.467. The Labute approximate surface area is 146 Å². The van der Waals surface area contributed by atoms with Crippen molar-refractivity contribution in [2.45, 2.75) is 24.9 Å². The number of benzene rings is 1. The maximum Gasteiger partial charge on any atom is 0.249 e. The van der Waals surface area contributed by atoms with Crippen LogP contribution in [0.5, 0.6) is 0 Å². The van der Waals surface area contributed by atoms with E-state index in [2.05, 4.69) is 5.32 Å². The second kappa shape index (κ2) is 9.08. The van der Waals surface area contributed by atoms with E-state index >= 15 is 0 Å². The van der Waals surface area contributed by atoms with Crippen molar-refractivity contribution in [1.82, 2.24) is 5.32 Å². The van der Waals surface area contributed by atoms with Crippen molar-refractivity contribution in [2.24, 2.45) is 5.73 Å². The van der Waals surface area contributed by atoms with Crippen LogP contribution in [-0.2, 0) is 14.3 Å². The third-order valence-electron chi connectivity index (χ3n) is 3.58. The number of carbonyl (C=O) groups is 2. The van der Waals surface area contributed by atoms with Crippen LogP contribution in [0.15, 0.2) is 24.3 Å². The summed E-state index contributed by atoms with van der Waals surface area (Å²) in [5.74, 6) is -0.557. The van der Waals surface area contributed by atoms with Crippen LogP contribution in [0.25, 0.3) is 0 Å². The molecule has 2 unspecified atom stereocenters. The molecule has 0 aromatic heterocycles. The van der Waals surface area contributed by atoms with Crippen LogP contribution in [0, 0.1) is 0 Å². The van der Waals surface area contributed by atoms with Crippen molar-refractivity contribution in [3.8, 4) is 0 Å². The average molecular weight is 362 g/mol. The minimum atomic E-state index is -0.784. The van der Waals surface area contributed by atoms with Crippen LogP contribution >= 0.6 is 24.0 Å². The number of anilines is 1. The smallest absolute Gasteiger partial charge is 0.249 e. The molecule has 1 heterocycles. The fourth-order valence-electron chi connectivity index (χ4n) is 2.45. The summed E-state index contributed by atoms with van der Waals surface area (Å²) in [5.41, 5.74) is 6.34. The number of ether oxygens (including phenoxy) is 1. The van der Waals surface area contributed by atoms with Gasteiger partial charge < -0.3 is 20.7 Å². The molecular formula is C15H21Cl2N3O3. The first kappa shape index (κ1) is 19.7. The zero-order chi connectivity index (χ0) is 16.1. The number of nitrogens with one attached hydrogen (secondary N) is 1. The van der Waals surface area contributed by atoms with Gasteiger partial charge in [0.25, 0.3) is 0 Å². The Bertz CT molecular complexity index is 557. The molecule has 2 atom stereocenters. The molecule has 128 valence electrons. The van der Waals surface area contributed by atoms with Crippen LogP contribution in [0.1, 0.15) is 12.8 Å². The van der Waals surface area contributed by atoms with E-state index in [4.69, 9.17) is 22.1 Å². The van der Waals surface area contributed by atoms with Gasteiger partial charge in [-0.05, 0) is 25.0 Å². The van der Waals surface area contributed by atoms with Crippen LogP contribution in [0.4, 0.5) is 5.69 Å². The van der Waals surface area contributed by atoms with Crippen LogP contribution < -0.4 is 16.0 Å². The van der Waals surface area contributed by atoms with Gasteiger partial charge in [-0.15, -0.1) is 12.4 Å². The van der Waals surface area contributed by atoms with Crippen molar-refractivity contribution in [3.63, 3.8) is 0 Å². The van der Waals surface area contributed by atoms with E-state index in [0.29, 0.717) is 23.7 Å². The summed E-state index contributed by atoms with van der Waals surface area (Å²) in [6, 6.07) is 5.80. The van der Waals surface area contributed by atoms with Gasteiger partial charge in [-0.2, -0.15) is 0 Å². The largest absolute Gasteiger partial charge is 0.383 e. The van der Waals surface area contributed by atoms with Crippen molar-refractivity contribution >= 4 is 41.5 Å². The zero-order valence-electron chi connectivity index (χ0n) is 12.8. The first-order chi connectivity index (χ1) is 10.5. The summed E-state index contributed by atoms with van der Waals surface area (Å²) in [6.45, 7) is 0.694. The summed E-state index contributed by atoms with van der Waals surface area (Å²) < 4.78 is 4.85.